The Hall–Kier alpha value is -3.82. The van der Waals surface area contributed by atoms with Gasteiger partial charge in [-0.2, -0.15) is 5.10 Å². The van der Waals surface area contributed by atoms with Gasteiger partial charge in [-0.05, 0) is 35.0 Å². The number of aromatic nitrogens is 4. The summed E-state index contributed by atoms with van der Waals surface area (Å²) in [5.41, 5.74) is 2.83. The van der Waals surface area contributed by atoms with Gasteiger partial charge in [0.1, 0.15) is 24.7 Å². The number of carbonyl (C=O) groups excluding carboxylic acids is 2. The molecular weight excluding hydrogens is 376 g/mol. The van der Waals surface area contributed by atoms with Crippen molar-refractivity contribution >= 4 is 17.6 Å². The molecule has 0 unspecified atom stereocenters. The van der Waals surface area contributed by atoms with E-state index >= 15 is 0 Å². The molecule has 10 heteroatoms. The van der Waals surface area contributed by atoms with Crippen LogP contribution in [-0.4, -0.2) is 49.4 Å². The molecule has 2 aromatic heterocycles. The second-order valence-corrected chi connectivity index (χ2v) is 6.55. The predicted molar refractivity (Wildman–Crippen MR) is 99.4 cm³/mol. The Morgan fingerprint density at radius 2 is 2.07 bits per heavy atom. The van der Waals surface area contributed by atoms with E-state index in [0.29, 0.717) is 12.2 Å². The molecule has 0 saturated carbocycles. The van der Waals surface area contributed by atoms with Crippen LogP contribution in [0.3, 0.4) is 0 Å². The summed E-state index contributed by atoms with van der Waals surface area (Å²) < 4.78 is 11.8. The Morgan fingerprint density at radius 3 is 2.76 bits per heavy atom. The number of amides is 1. The Labute approximate surface area is 165 Å². The quantitative estimate of drug-likeness (QED) is 0.582. The van der Waals surface area contributed by atoms with Gasteiger partial charge in [0.2, 0.25) is 0 Å². The highest BCUT2D eigenvalue weighted by Gasteiger charge is 2.35. The van der Waals surface area contributed by atoms with Gasteiger partial charge in [0.15, 0.2) is 6.61 Å². The fourth-order valence-electron chi connectivity index (χ4n) is 3.00. The van der Waals surface area contributed by atoms with E-state index in [4.69, 9.17) is 9.15 Å². The lowest BCUT2D eigenvalue weighted by Crippen LogP contribution is -2.31. The molecule has 0 aliphatic carbocycles. The first-order chi connectivity index (χ1) is 14.1. The molecule has 4 rings (SSSR count). The van der Waals surface area contributed by atoms with Crippen LogP contribution in [0.4, 0.5) is 0 Å². The number of aryl methyl sites for hydroxylation is 1. The van der Waals surface area contributed by atoms with E-state index in [9.17, 15) is 9.59 Å². The van der Waals surface area contributed by atoms with E-state index in [2.05, 4.69) is 20.6 Å². The molecule has 3 heterocycles. The molecule has 10 nitrogen and oxygen atoms in total. The van der Waals surface area contributed by atoms with E-state index in [1.807, 2.05) is 31.2 Å². The van der Waals surface area contributed by atoms with Gasteiger partial charge in [-0.15, -0.1) is 5.10 Å². The fraction of sp³-hybridized carbons (Fsp3) is 0.263. The van der Waals surface area contributed by atoms with Crippen molar-refractivity contribution in [1.82, 2.24) is 25.2 Å². The van der Waals surface area contributed by atoms with Crippen molar-refractivity contribution in [2.24, 2.45) is 5.10 Å². The van der Waals surface area contributed by atoms with Crippen LogP contribution in [0.2, 0.25) is 0 Å². The number of nitrogens with zero attached hydrogens (tertiary/aromatic N) is 6. The lowest BCUT2D eigenvalue weighted by atomic mass is 10.0. The Balaban J connectivity index is 1.47. The summed E-state index contributed by atoms with van der Waals surface area (Å²) in [5.74, 6) is -0.454. The Kier molecular flexibility index (Phi) is 5.14. The molecule has 0 bridgehead atoms. The van der Waals surface area contributed by atoms with Crippen molar-refractivity contribution in [3.63, 3.8) is 0 Å². The summed E-state index contributed by atoms with van der Waals surface area (Å²) in [6.07, 6.45) is 3.34. The van der Waals surface area contributed by atoms with Crippen molar-refractivity contribution in [2.45, 2.75) is 25.9 Å². The number of rotatable bonds is 6. The van der Waals surface area contributed by atoms with Gasteiger partial charge in [-0.3, -0.25) is 9.59 Å². The van der Waals surface area contributed by atoms with Gasteiger partial charge in [-0.1, -0.05) is 29.8 Å². The first kappa shape index (κ1) is 18.5. The fourth-order valence-corrected chi connectivity index (χ4v) is 3.00. The number of hydrazone groups is 1. The first-order valence-electron chi connectivity index (χ1n) is 8.96. The predicted octanol–water partition coefficient (Wildman–Crippen LogP) is 1.50. The Morgan fingerprint density at radius 1 is 1.24 bits per heavy atom. The molecule has 1 amide bonds. The summed E-state index contributed by atoms with van der Waals surface area (Å²) in [6, 6.07) is 11.1. The minimum absolute atomic E-state index is 0.181. The van der Waals surface area contributed by atoms with Crippen molar-refractivity contribution in [3.8, 4) is 0 Å². The second-order valence-electron chi connectivity index (χ2n) is 6.55. The molecule has 0 spiro atoms. The summed E-state index contributed by atoms with van der Waals surface area (Å²) in [6.45, 7) is 1.38. The van der Waals surface area contributed by atoms with E-state index < -0.39 is 24.5 Å². The van der Waals surface area contributed by atoms with Crippen LogP contribution in [0.1, 0.15) is 29.3 Å². The highest BCUT2D eigenvalue weighted by atomic mass is 16.5. The third-order valence-corrected chi connectivity index (χ3v) is 4.46. The van der Waals surface area contributed by atoms with Crippen molar-refractivity contribution in [2.75, 3.05) is 6.61 Å². The van der Waals surface area contributed by atoms with Crippen LogP contribution < -0.4 is 0 Å². The van der Waals surface area contributed by atoms with Crippen molar-refractivity contribution in [1.29, 1.82) is 0 Å². The topological polar surface area (TPSA) is 116 Å². The molecular formula is C19H18N6O4. The maximum Gasteiger partial charge on any atom is 0.328 e. The average molecular weight is 394 g/mol. The second kappa shape index (κ2) is 8.05. The maximum atomic E-state index is 12.7. The summed E-state index contributed by atoms with van der Waals surface area (Å²) >= 11 is 0. The van der Waals surface area contributed by atoms with Gasteiger partial charge in [0.25, 0.3) is 5.91 Å². The zero-order valence-corrected chi connectivity index (χ0v) is 15.6. The van der Waals surface area contributed by atoms with Crippen LogP contribution in [0.15, 0.2) is 58.5 Å². The highest BCUT2D eigenvalue weighted by molar-refractivity contribution is 6.03. The maximum absolute atomic E-state index is 12.7. The molecule has 0 radical (unpaired) electrons. The summed E-state index contributed by atoms with van der Waals surface area (Å²) in [4.78, 5) is 24.6. The van der Waals surface area contributed by atoms with Gasteiger partial charge in [0.05, 0.1) is 12.0 Å². The standard InChI is InChI=1S/C19H18N6O4/c1-13-4-6-14(7-5-13)15-9-16(17-3-2-8-28-17)25(21-15)18(26)11-29-19(27)10-24-12-20-22-23-24/h2-8,12,16H,9-11H2,1H3/t16-/m1/s1. The van der Waals surface area contributed by atoms with Crippen molar-refractivity contribution in [3.05, 3.63) is 65.9 Å². The zero-order chi connectivity index (χ0) is 20.2. The Bertz CT molecular complexity index is 1010. The molecule has 1 atom stereocenters. The molecule has 3 aromatic rings. The number of furan rings is 1. The number of ether oxygens (including phenoxy) is 1. The molecule has 0 N–H and O–H groups in total. The molecule has 0 fully saturated rings. The lowest BCUT2D eigenvalue weighted by molar-refractivity contribution is -0.153. The monoisotopic (exact) mass is 394 g/mol. The zero-order valence-electron chi connectivity index (χ0n) is 15.6. The summed E-state index contributed by atoms with van der Waals surface area (Å²) in [5, 5.41) is 16.3. The van der Waals surface area contributed by atoms with E-state index in [0.717, 1.165) is 16.8 Å². The van der Waals surface area contributed by atoms with Crippen LogP contribution in [0.25, 0.3) is 0 Å². The number of hydrogen-bond donors (Lipinski definition) is 0. The lowest BCUT2D eigenvalue weighted by Gasteiger charge is -2.19. The van der Waals surface area contributed by atoms with Gasteiger partial charge < -0.3 is 9.15 Å². The van der Waals surface area contributed by atoms with E-state index in [1.165, 1.54) is 16.0 Å². The minimum Gasteiger partial charge on any atom is -0.467 e. The molecule has 1 aromatic carbocycles. The minimum atomic E-state index is -0.623. The molecule has 1 aliphatic rings. The van der Waals surface area contributed by atoms with Crippen LogP contribution in [0.5, 0.6) is 0 Å². The van der Waals surface area contributed by atoms with Gasteiger partial charge >= 0.3 is 5.97 Å². The van der Waals surface area contributed by atoms with E-state index in [-0.39, 0.29) is 6.54 Å². The number of benzene rings is 1. The number of hydrogen-bond acceptors (Lipinski definition) is 8. The molecule has 1 aliphatic heterocycles. The van der Waals surface area contributed by atoms with Crippen LogP contribution in [-0.2, 0) is 20.9 Å². The summed E-state index contributed by atoms with van der Waals surface area (Å²) in [7, 11) is 0. The molecule has 148 valence electrons. The normalized spacial score (nSPS) is 16.0. The SMILES string of the molecule is Cc1ccc(C2=NN(C(=O)COC(=O)Cn3cnnn3)[C@@H](c3ccco3)C2)cc1. The smallest absolute Gasteiger partial charge is 0.328 e. The molecule has 29 heavy (non-hydrogen) atoms. The third-order valence-electron chi connectivity index (χ3n) is 4.46. The van der Waals surface area contributed by atoms with E-state index in [1.54, 1.807) is 18.4 Å². The van der Waals surface area contributed by atoms with Crippen LogP contribution in [0, 0.1) is 6.92 Å². The number of esters is 1. The van der Waals surface area contributed by atoms with Gasteiger partial charge in [-0.25, -0.2) is 9.69 Å². The first-order valence-corrected chi connectivity index (χ1v) is 8.96. The third kappa shape index (κ3) is 4.21. The van der Waals surface area contributed by atoms with Crippen LogP contribution >= 0.6 is 0 Å². The highest BCUT2D eigenvalue weighted by Crippen LogP contribution is 2.33. The average Bonchev–Trinajstić information content (AvgIpc) is 3.47. The number of carbonyl (C=O) groups is 2. The molecule has 0 saturated heterocycles. The van der Waals surface area contributed by atoms with Crippen molar-refractivity contribution < 1.29 is 18.7 Å². The van der Waals surface area contributed by atoms with Gasteiger partial charge in [0, 0.05) is 6.42 Å². The number of tetrazole rings is 1. The largest absolute Gasteiger partial charge is 0.467 e.